The number of aromatic nitrogens is 2. The summed E-state index contributed by atoms with van der Waals surface area (Å²) in [6.45, 7) is -0.0283. The van der Waals surface area contributed by atoms with Gasteiger partial charge in [0.25, 0.3) is 5.56 Å². The fourth-order valence-electron chi connectivity index (χ4n) is 1.89. The lowest BCUT2D eigenvalue weighted by Gasteiger charge is -2.16. The quantitative estimate of drug-likeness (QED) is 0.614. The molecule has 0 saturated carbocycles. The van der Waals surface area contributed by atoms with Crippen molar-refractivity contribution in [3.8, 4) is 0 Å². The van der Waals surface area contributed by atoms with E-state index in [2.05, 4.69) is 0 Å². The van der Waals surface area contributed by atoms with Gasteiger partial charge in [-0.05, 0) is 0 Å². The molecule has 0 spiro atoms. The molecule has 0 atom stereocenters. The van der Waals surface area contributed by atoms with Crippen LogP contribution in [-0.4, -0.2) is 25.8 Å². The molecule has 2 heterocycles. The van der Waals surface area contributed by atoms with E-state index in [1.807, 2.05) is 0 Å². The smallest absolute Gasteiger partial charge is 0.299 e. The van der Waals surface area contributed by atoms with Crippen molar-refractivity contribution in [2.24, 2.45) is 14.1 Å². The number of rotatable bonds is 2. The highest BCUT2D eigenvalue weighted by atomic mass is 16.2. The van der Waals surface area contributed by atoms with Gasteiger partial charge in [-0.1, -0.05) is 0 Å². The molecule has 1 fully saturated rings. The van der Waals surface area contributed by atoms with Gasteiger partial charge in [0.05, 0.1) is 6.54 Å². The Morgan fingerprint density at radius 3 is 2.11 bits per heavy atom. The zero-order chi connectivity index (χ0) is 13.4. The molecule has 1 aliphatic rings. The SMILES string of the molecule is Cn1c(CN2C(=O)CCC2=O)cc(=O)n(C)c1=O. The molecule has 0 unspecified atom stereocenters. The zero-order valence-corrected chi connectivity index (χ0v) is 10.2. The van der Waals surface area contributed by atoms with Crippen LogP contribution in [-0.2, 0) is 30.2 Å². The highest BCUT2D eigenvalue weighted by Gasteiger charge is 2.29. The van der Waals surface area contributed by atoms with Gasteiger partial charge in [-0.2, -0.15) is 0 Å². The molecule has 18 heavy (non-hydrogen) atoms. The summed E-state index contributed by atoms with van der Waals surface area (Å²) in [4.78, 5) is 47.2. The van der Waals surface area contributed by atoms with Crippen LogP contribution in [0.5, 0.6) is 0 Å². The number of hydrogen-bond donors (Lipinski definition) is 0. The van der Waals surface area contributed by atoms with Crippen molar-refractivity contribution in [2.45, 2.75) is 19.4 Å². The summed E-state index contributed by atoms with van der Waals surface area (Å²) in [5, 5.41) is 0. The summed E-state index contributed by atoms with van der Waals surface area (Å²) in [5.74, 6) is -0.541. The van der Waals surface area contributed by atoms with Crippen LogP contribution in [0.1, 0.15) is 18.5 Å². The van der Waals surface area contributed by atoms with E-state index >= 15 is 0 Å². The summed E-state index contributed by atoms with van der Waals surface area (Å²) in [6.07, 6.45) is 0.384. The Balaban J connectivity index is 2.42. The first-order valence-electron chi connectivity index (χ1n) is 5.51. The van der Waals surface area contributed by atoms with Crippen molar-refractivity contribution in [3.63, 3.8) is 0 Å². The minimum absolute atomic E-state index is 0.0283. The Kier molecular flexibility index (Phi) is 2.90. The number of hydrogen-bond acceptors (Lipinski definition) is 4. The average Bonchev–Trinajstić information content (AvgIpc) is 2.65. The maximum Gasteiger partial charge on any atom is 0.330 e. The lowest BCUT2D eigenvalue weighted by atomic mass is 10.3. The number of carbonyl (C=O) groups is 2. The van der Waals surface area contributed by atoms with Crippen LogP contribution in [0.4, 0.5) is 0 Å². The molecule has 96 valence electrons. The molecule has 2 rings (SSSR count). The molecule has 2 amide bonds. The Hall–Kier alpha value is -2.18. The Labute approximate surface area is 102 Å². The van der Waals surface area contributed by atoms with Crippen LogP contribution in [0, 0.1) is 0 Å². The molecule has 1 saturated heterocycles. The number of amides is 2. The Bertz CT molecular complexity index is 625. The molecular weight excluding hydrogens is 238 g/mol. The van der Waals surface area contributed by atoms with Crippen LogP contribution < -0.4 is 11.2 Å². The molecule has 1 aromatic rings. The number of likely N-dealkylation sites (tertiary alicyclic amines) is 1. The van der Waals surface area contributed by atoms with E-state index in [1.165, 1.54) is 24.7 Å². The van der Waals surface area contributed by atoms with Crippen molar-refractivity contribution in [1.82, 2.24) is 14.0 Å². The molecular formula is C11H13N3O4. The van der Waals surface area contributed by atoms with Crippen LogP contribution in [0.2, 0.25) is 0 Å². The molecule has 0 N–H and O–H groups in total. The van der Waals surface area contributed by atoms with Gasteiger partial charge >= 0.3 is 5.69 Å². The van der Waals surface area contributed by atoms with Gasteiger partial charge < -0.3 is 0 Å². The van der Waals surface area contributed by atoms with E-state index in [1.54, 1.807) is 0 Å². The predicted octanol–water partition coefficient (Wildman–Crippen LogP) is -1.27. The summed E-state index contributed by atoms with van der Waals surface area (Å²) in [6, 6.07) is 1.26. The van der Waals surface area contributed by atoms with Crippen LogP contribution >= 0.6 is 0 Å². The van der Waals surface area contributed by atoms with Gasteiger partial charge in [-0.3, -0.25) is 28.4 Å². The lowest BCUT2D eigenvalue weighted by Crippen LogP contribution is -2.40. The molecule has 0 radical (unpaired) electrons. The molecule has 0 bridgehead atoms. The summed E-state index contributed by atoms with van der Waals surface area (Å²) < 4.78 is 2.23. The van der Waals surface area contributed by atoms with E-state index in [-0.39, 0.29) is 31.2 Å². The van der Waals surface area contributed by atoms with Crippen molar-refractivity contribution in [3.05, 3.63) is 32.6 Å². The van der Waals surface area contributed by atoms with Gasteiger partial charge in [0, 0.05) is 38.7 Å². The maximum atomic E-state index is 11.7. The standard InChI is InChI=1S/C11H13N3O4/c1-12-7(5-10(17)13(2)11(12)18)6-14-8(15)3-4-9(14)16/h5H,3-4,6H2,1-2H3. The maximum absolute atomic E-state index is 11.7. The fraction of sp³-hybridized carbons (Fsp3) is 0.455. The second-order valence-corrected chi connectivity index (χ2v) is 4.25. The lowest BCUT2D eigenvalue weighted by molar-refractivity contribution is -0.139. The molecule has 1 aromatic heterocycles. The summed E-state index contributed by atoms with van der Waals surface area (Å²) in [5.41, 5.74) is -0.574. The van der Waals surface area contributed by atoms with Crippen LogP contribution in [0.25, 0.3) is 0 Å². The fourth-order valence-corrected chi connectivity index (χ4v) is 1.89. The minimum atomic E-state index is -0.475. The third-order valence-corrected chi connectivity index (χ3v) is 3.10. The molecule has 1 aliphatic heterocycles. The largest absolute Gasteiger partial charge is 0.330 e. The molecule has 0 aromatic carbocycles. The molecule has 7 heteroatoms. The first-order valence-corrected chi connectivity index (χ1v) is 5.51. The third kappa shape index (κ3) is 1.87. The normalized spacial score (nSPS) is 15.6. The Morgan fingerprint density at radius 2 is 1.56 bits per heavy atom. The van der Waals surface area contributed by atoms with E-state index in [0.717, 1.165) is 9.47 Å². The van der Waals surface area contributed by atoms with Crippen molar-refractivity contribution in [1.29, 1.82) is 0 Å². The second kappa shape index (κ2) is 4.25. The first kappa shape index (κ1) is 12.3. The van der Waals surface area contributed by atoms with E-state index < -0.39 is 11.2 Å². The van der Waals surface area contributed by atoms with Crippen molar-refractivity contribution in [2.75, 3.05) is 0 Å². The van der Waals surface area contributed by atoms with Crippen molar-refractivity contribution < 1.29 is 9.59 Å². The van der Waals surface area contributed by atoms with Crippen molar-refractivity contribution >= 4 is 11.8 Å². The second-order valence-electron chi connectivity index (χ2n) is 4.25. The van der Waals surface area contributed by atoms with Gasteiger partial charge in [-0.15, -0.1) is 0 Å². The predicted molar refractivity (Wildman–Crippen MR) is 61.7 cm³/mol. The van der Waals surface area contributed by atoms with E-state index in [9.17, 15) is 19.2 Å². The number of imide groups is 1. The average molecular weight is 251 g/mol. The summed E-state index contributed by atoms with van der Waals surface area (Å²) in [7, 11) is 2.88. The number of carbonyl (C=O) groups excluding carboxylic acids is 2. The minimum Gasteiger partial charge on any atom is -0.299 e. The van der Waals surface area contributed by atoms with E-state index in [0.29, 0.717) is 5.69 Å². The molecule has 0 aliphatic carbocycles. The third-order valence-electron chi connectivity index (χ3n) is 3.10. The zero-order valence-electron chi connectivity index (χ0n) is 10.2. The van der Waals surface area contributed by atoms with Gasteiger partial charge in [0.2, 0.25) is 11.8 Å². The highest BCUT2D eigenvalue weighted by Crippen LogP contribution is 2.14. The highest BCUT2D eigenvalue weighted by molar-refractivity contribution is 6.01. The summed E-state index contributed by atoms with van der Waals surface area (Å²) >= 11 is 0. The monoisotopic (exact) mass is 251 g/mol. The van der Waals surface area contributed by atoms with Gasteiger partial charge in [-0.25, -0.2) is 4.79 Å². The molecule has 7 nitrogen and oxygen atoms in total. The topological polar surface area (TPSA) is 81.4 Å². The first-order chi connectivity index (χ1) is 8.41. The van der Waals surface area contributed by atoms with Crippen LogP contribution in [0.3, 0.4) is 0 Å². The van der Waals surface area contributed by atoms with Gasteiger partial charge in [0.1, 0.15) is 0 Å². The van der Waals surface area contributed by atoms with E-state index in [4.69, 9.17) is 0 Å². The van der Waals surface area contributed by atoms with Gasteiger partial charge in [0.15, 0.2) is 0 Å². The number of nitrogens with zero attached hydrogens (tertiary/aromatic N) is 3. The Morgan fingerprint density at radius 1 is 1.00 bits per heavy atom. The van der Waals surface area contributed by atoms with Crippen LogP contribution in [0.15, 0.2) is 15.7 Å².